The van der Waals surface area contributed by atoms with Crippen molar-refractivity contribution in [3.8, 4) is 5.75 Å². The zero-order valence-corrected chi connectivity index (χ0v) is 11.8. The van der Waals surface area contributed by atoms with Gasteiger partial charge in [0, 0.05) is 6.54 Å². The van der Waals surface area contributed by atoms with E-state index in [0.717, 1.165) is 16.9 Å². The molecule has 2 aromatic rings. The molecular weight excluding hydrogens is 274 g/mol. The molecule has 3 nitrogen and oxygen atoms in total. The molecule has 0 saturated heterocycles. The second-order valence-electron chi connectivity index (χ2n) is 4.28. The number of para-hydroxylation sites is 1. The number of halogens is 1. The van der Waals surface area contributed by atoms with Gasteiger partial charge in [0.15, 0.2) is 0 Å². The van der Waals surface area contributed by atoms with Gasteiger partial charge < -0.3 is 10.1 Å². The van der Waals surface area contributed by atoms with E-state index in [-0.39, 0.29) is 11.8 Å². The van der Waals surface area contributed by atoms with Gasteiger partial charge in [-0.05, 0) is 23.3 Å². The monoisotopic (exact) mass is 289 g/mol. The Labute approximate surface area is 123 Å². The highest BCUT2D eigenvalue weighted by atomic mass is 35.5. The van der Waals surface area contributed by atoms with Crippen LogP contribution in [-0.4, -0.2) is 11.8 Å². The second-order valence-corrected chi connectivity index (χ2v) is 4.55. The fourth-order valence-corrected chi connectivity index (χ4v) is 1.88. The molecule has 0 spiro atoms. The van der Waals surface area contributed by atoms with Gasteiger partial charge in [-0.2, -0.15) is 0 Å². The van der Waals surface area contributed by atoms with E-state index >= 15 is 0 Å². The number of rotatable bonds is 6. The molecule has 0 bridgehead atoms. The highest BCUT2D eigenvalue weighted by Gasteiger charge is 2.04. The molecule has 1 amide bonds. The van der Waals surface area contributed by atoms with Gasteiger partial charge in [-0.3, -0.25) is 4.79 Å². The number of alkyl halides is 1. The molecular formula is C16H16ClNO2. The van der Waals surface area contributed by atoms with Gasteiger partial charge in [0.25, 0.3) is 0 Å². The Hall–Kier alpha value is -2.00. The maximum absolute atomic E-state index is 11.2. The van der Waals surface area contributed by atoms with Crippen LogP contribution in [0.5, 0.6) is 5.75 Å². The quantitative estimate of drug-likeness (QED) is 0.830. The summed E-state index contributed by atoms with van der Waals surface area (Å²) in [6.45, 7) is 0.927. The van der Waals surface area contributed by atoms with Crippen molar-refractivity contribution in [2.75, 3.05) is 5.88 Å². The van der Waals surface area contributed by atoms with Crippen LogP contribution in [0.15, 0.2) is 54.6 Å². The minimum absolute atomic E-state index is 0.0251. The van der Waals surface area contributed by atoms with Gasteiger partial charge in [-0.25, -0.2) is 0 Å². The number of nitrogens with one attached hydrogen (secondary N) is 1. The van der Waals surface area contributed by atoms with Crippen molar-refractivity contribution in [2.45, 2.75) is 13.2 Å². The Morgan fingerprint density at radius 3 is 2.35 bits per heavy atom. The van der Waals surface area contributed by atoms with E-state index < -0.39 is 0 Å². The lowest BCUT2D eigenvalue weighted by atomic mass is 10.1. The average Bonchev–Trinajstić information content (AvgIpc) is 2.52. The van der Waals surface area contributed by atoms with E-state index in [4.69, 9.17) is 16.3 Å². The van der Waals surface area contributed by atoms with Crippen molar-refractivity contribution in [3.05, 3.63) is 65.7 Å². The first kappa shape index (κ1) is 14.4. The first-order valence-corrected chi connectivity index (χ1v) is 6.90. The molecule has 0 unspecified atom stereocenters. The van der Waals surface area contributed by atoms with Gasteiger partial charge >= 0.3 is 0 Å². The summed E-state index contributed by atoms with van der Waals surface area (Å²) in [5.41, 5.74) is 2.08. The predicted molar refractivity (Wildman–Crippen MR) is 79.8 cm³/mol. The number of ether oxygens (including phenoxy) is 1. The Kier molecular flexibility index (Phi) is 5.44. The van der Waals surface area contributed by atoms with Crippen LogP contribution in [0, 0.1) is 0 Å². The minimum Gasteiger partial charge on any atom is -0.489 e. The van der Waals surface area contributed by atoms with Crippen LogP contribution < -0.4 is 10.1 Å². The normalized spacial score (nSPS) is 10.1. The summed E-state index contributed by atoms with van der Waals surface area (Å²) in [5, 5.41) is 2.76. The number of hydrogen-bond donors (Lipinski definition) is 1. The molecule has 2 rings (SSSR count). The molecule has 2 aromatic carbocycles. The van der Waals surface area contributed by atoms with E-state index in [2.05, 4.69) is 5.32 Å². The average molecular weight is 290 g/mol. The Balaban J connectivity index is 1.98. The van der Waals surface area contributed by atoms with Crippen molar-refractivity contribution in [3.63, 3.8) is 0 Å². The molecule has 0 aliphatic carbocycles. The van der Waals surface area contributed by atoms with Crippen LogP contribution in [0.3, 0.4) is 0 Å². The van der Waals surface area contributed by atoms with Crippen molar-refractivity contribution in [1.29, 1.82) is 0 Å². The van der Waals surface area contributed by atoms with Crippen LogP contribution >= 0.6 is 11.6 Å². The molecule has 104 valence electrons. The van der Waals surface area contributed by atoms with E-state index in [1.54, 1.807) is 0 Å². The lowest BCUT2D eigenvalue weighted by Gasteiger charge is -2.11. The molecule has 0 atom stereocenters. The van der Waals surface area contributed by atoms with Crippen molar-refractivity contribution >= 4 is 17.5 Å². The smallest absolute Gasteiger partial charge is 0.235 e. The van der Waals surface area contributed by atoms with Crippen molar-refractivity contribution < 1.29 is 9.53 Å². The Bertz CT molecular complexity index is 557. The van der Waals surface area contributed by atoms with Gasteiger partial charge in [0.05, 0.1) is 0 Å². The van der Waals surface area contributed by atoms with E-state index in [0.29, 0.717) is 13.2 Å². The van der Waals surface area contributed by atoms with Crippen LogP contribution in [0.4, 0.5) is 0 Å². The summed E-state index contributed by atoms with van der Waals surface area (Å²) in [4.78, 5) is 11.2. The fraction of sp³-hybridized carbons (Fsp3) is 0.188. The summed E-state index contributed by atoms with van der Waals surface area (Å²) >= 11 is 5.46. The summed E-state index contributed by atoms with van der Waals surface area (Å²) in [7, 11) is 0. The summed E-state index contributed by atoms with van der Waals surface area (Å²) in [6.07, 6.45) is 0. The Morgan fingerprint density at radius 1 is 1.00 bits per heavy atom. The summed E-state index contributed by atoms with van der Waals surface area (Å²) in [6, 6.07) is 17.5. The van der Waals surface area contributed by atoms with E-state index in [1.165, 1.54) is 0 Å². The van der Waals surface area contributed by atoms with E-state index in [1.807, 2.05) is 54.6 Å². The fourth-order valence-electron chi connectivity index (χ4n) is 1.79. The number of amides is 1. The molecule has 0 heterocycles. The van der Waals surface area contributed by atoms with Crippen molar-refractivity contribution in [1.82, 2.24) is 5.32 Å². The third-order valence-corrected chi connectivity index (χ3v) is 3.10. The SMILES string of the molecule is O=C(CCl)NCc1ccccc1COc1ccccc1. The minimum atomic E-state index is -0.176. The highest BCUT2D eigenvalue weighted by Crippen LogP contribution is 2.14. The third-order valence-electron chi connectivity index (χ3n) is 2.85. The third kappa shape index (κ3) is 4.28. The molecule has 0 fully saturated rings. The molecule has 20 heavy (non-hydrogen) atoms. The largest absolute Gasteiger partial charge is 0.489 e. The lowest BCUT2D eigenvalue weighted by Crippen LogP contribution is -2.24. The van der Waals surface area contributed by atoms with Crippen LogP contribution in [0.25, 0.3) is 0 Å². The Morgan fingerprint density at radius 2 is 1.65 bits per heavy atom. The first-order chi connectivity index (χ1) is 9.79. The number of carbonyl (C=O) groups excluding carboxylic acids is 1. The molecule has 0 aromatic heterocycles. The molecule has 0 aliphatic heterocycles. The van der Waals surface area contributed by atoms with Crippen LogP contribution in [-0.2, 0) is 17.9 Å². The maximum Gasteiger partial charge on any atom is 0.235 e. The standard InChI is InChI=1S/C16H16ClNO2/c17-10-16(19)18-11-13-6-4-5-7-14(13)12-20-15-8-2-1-3-9-15/h1-9H,10-12H2,(H,18,19). The number of hydrogen-bond acceptors (Lipinski definition) is 2. The van der Waals surface area contributed by atoms with Gasteiger partial charge in [-0.1, -0.05) is 42.5 Å². The first-order valence-electron chi connectivity index (χ1n) is 6.37. The van der Waals surface area contributed by atoms with Crippen LogP contribution in [0.2, 0.25) is 0 Å². The number of carbonyl (C=O) groups is 1. The highest BCUT2D eigenvalue weighted by molar-refractivity contribution is 6.27. The summed E-state index contributed by atoms with van der Waals surface area (Å²) < 4.78 is 5.73. The number of benzene rings is 2. The predicted octanol–water partition coefficient (Wildman–Crippen LogP) is 3.12. The van der Waals surface area contributed by atoms with Crippen molar-refractivity contribution in [2.24, 2.45) is 0 Å². The molecule has 0 radical (unpaired) electrons. The van der Waals surface area contributed by atoms with E-state index in [9.17, 15) is 4.79 Å². The zero-order valence-electron chi connectivity index (χ0n) is 11.0. The van der Waals surface area contributed by atoms with Crippen LogP contribution in [0.1, 0.15) is 11.1 Å². The van der Waals surface area contributed by atoms with Gasteiger partial charge in [-0.15, -0.1) is 11.6 Å². The molecule has 1 N–H and O–H groups in total. The topological polar surface area (TPSA) is 38.3 Å². The zero-order chi connectivity index (χ0) is 14.2. The van der Waals surface area contributed by atoms with Gasteiger partial charge in [0.1, 0.15) is 18.2 Å². The van der Waals surface area contributed by atoms with Gasteiger partial charge in [0.2, 0.25) is 5.91 Å². The molecule has 4 heteroatoms. The molecule has 0 aliphatic rings. The molecule has 0 saturated carbocycles. The second kappa shape index (κ2) is 7.56. The lowest BCUT2D eigenvalue weighted by molar-refractivity contribution is -0.118. The maximum atomic E-state index is 11.2. The summed E-state index contributed by atoms with van der Waals surface area (Å²) in [5.74, 6) is 0.625.